The first-order valence-corrected chi connectivity index (χ1v) is 6.43. The van der Waals surface area contributed by atoms with Crippen LogP contribution in [0.3, 0.4) is 0 Å². The van der Waals surface area contributed by atoms with E-state index in [9.17, 15) is 9.59 Å². The van der Waals surface area contributed by atoms with Crippen molar-refractivity contribution in [2.45, 2.75) is 6.42 Å². The maximum Gasteiger partial charge on any atom is 0.246 e. The minimum absolute atomic E-state index is 0.0222. The lowest BCUT2D eigenvalue weighted by atomic mass is 10.1. The highest BCUT2D eigenvalue weighted by atomic mass is 16.2. The van der Waals surface area contributed by atoms with Gasteiger partial charge in [-0.25, -0.2) is 0 Å². The Morgan fingerprint density at radius 3 is 3.05 bits per heavy atom. The third-order valence-electron chi connectivity index (χ3n) is 3.06. The van der Waals surface area contributed by atoms with Crippen LogP contribution in [-0.4, -0.2) is 36.3 Å². The van der Waals surface area contributed by atoms with Gasteiger partial charge >= 0.3 is 0 Å². The van der Waals surface area contributed by atoms with Crippen LogP contribution in [0.2, 0.25) is 0 Å². The van der Waals surface area contributed by atoms with Crippen LogP contribution in [0.15, 0.2) is 30.3 Å². The third-order valence-corrected chi connectivity index (χ3v) is 3.06. The number of nitriles is 1. The summed E-state index contributed by atoms with van der Waals surface area (Å²) in [5, 5.41) is 11.5. The molecule has 1 aliphatic rings. The van der Waals surface area contributed by atoms with E-state index in [1.54, 1.807) is 29.2 Å². The minimum atomic E-state index is -0.121. The zero-order valence-corrected chi connectivity index (χ0v) is 11.0. The quantitative estimate of drug-likeness (QED) is 0.811. The fraction of sp³-hybridized carbons (Fsp3) is 0.267. The zero-order chi connectivity index (χ0) is 14.4. The second kappa shape index (κ2) is 6.53. The van der Waals surface area contributed by atoms with E-state index in [0.29, 0.717) is 31.6 Å². The lowest BCUT2D eigenvalue weighted by Crippen LogP contribution is -2.32. The molecule has 2 rings (SSSR count). The van der Waals surface area contributed by atoms with Gasteiger partial charge in [0.15, 0.2) is 0 Å². The van der Waals surface area contributed by atoms with Gasteiger partial charge in [-0.3, -0.25) is 9.59 Å². The summed E-state index contributed by atoms with van der Waals surface area (Å²) in [7, 11) is 0. The molecule has 1 fully saturated rings. The van der Waals surface area contributed by atoms with E-state index >= 15 is 0 Å². The predicted octanol–water partition coefficient (Wildman–Crippen LogP) is 0.920. The molecule has 20 heavy (non-hydrogen) atoms. The summed E-state index contributed by atoms with van der Waals surface area (Å²) in [6.45, 7) is 1.45. The van der Waals surface area contributed by atoms with Crippen LogP contribution in [0.25, 0.3) is 6.08 Å². The number of benzene rings is 1. The first kappa shape index (κ1) is 13.8. The Morgan fingerprint density at radius 2 is 2.25 bits per heavy atom. The van der Waals surface area contributed by atoms with Crippen molar-refractivity contribution in [3.05, 3.63) is 41.5 Å². The van der Waals surface area contributed by atoms with E-state index in [0.717, 1.165) is 5.56 Å². The maximum atomic E-state index is 12.0. The van der Waals surface area contributed by atoms with Gasteiger partial charge < -0.3 is 10.2 Å². The van der Waals surface area contributed by atoms with Gasteiger partial charge in [0, 0.05) is 32.1 Å². The molecule has 1 N–H and O–H groups in total. The van der Waals surface area contributed by atoms with Crippen molar-refractivity contribution in [2.75, 3.05) is 19.6 Å². The first-order chi connectivity index (χ1) is 9.69. The molecule has 0 saturated carbocycles. The van der Waals surface area contributed by atoms with Gasteiger partial charge in [-0.15, -0.1) is 0 Å². The predicted molar refractivity (Wildman–Crippen MR) is 74.4 cm³/mol. The Hall–Kier alpha value is -2.61. The van der Waals surface area contributed by atoms with Crippen molar-refractivity contribution in [3.63, 3.8) is 0 Å². The second-order valence-electron chi connectivity index (χ2n) is 4.50. The summed E-state index contributed by atoms with van der Waals surface area (Å²) in [5.74, 6) is -0.144. The standard InChI is InChI=1S/C15H15N3O2/c16-11-13-3-1-2-12(10-13)4-5-15(20)18-8-6-14(19)17-7-9-18/h1-5,10H,6-9H2,(H,17,19). The van der Waals surface area contributed by atoms with Gasteiger partial charge in [-0.1, -0.05) is 12.1 Å². The van der Waals surface area contributed by atoms with Crippen LogP contribution in [0.5, 0.6) is 0 Å². The Kier molecular flexibility index (Phi) is 4.51. The van der Waals surface area contributed by atoms with Crippen molar-refractivity contribution in [2.24, 2.45) is 0 Å². The molecule has 5 nitrogen and oxygen atoms in total. The number of hydrogen-bond acceptors (Lipinski definition) is 3. The van der Waals surface area contributed by atoms with E-state index in [1.165, 1.54) is 6.08 Å². The fourth-order valence-corrected chi connectivity index (χ4v) is 1.97. The molecular weight excluding hydrogens is 254 g/mol. The van der Waals surface area contributed by atoms with Crippen LogP contribution >= 0.6 is 0 Å². The van der Waals surface area contributed by atoms with Crippen LogP contribution in [-0.2, 0) is 9.59 Å². The van der Waals surface area contributed by atoms with Crippen molar-refractivity contribution in [3.8, 4) is 6.07 Å². The van der Waals surface area contributed by atoms with Crippen LogP contribution in [0, 0.1) is 11.3 Å². The summed E-state index contributed by atoms with van der Waals surface area (Å²) in [5.41, 5.74) is 1.37. The lowest BCUT2D eigenvalue weighted by molar-refractivity contribution is -0.125. The van der Waals surface area contributed by atoms with E-state index in [4.69, 9.17) is 5.26 Å². The molecule has 0 atom stereocenters. The highest BCUT2D eigenvalue weighted by molar-refractivity contribution is 5.92. The Labute approximate surface area is 117 Å². The molecule has 0 unspecified atom stereocenters. The van der Waals surface area contributed by atoms with Crippen molar-refractivity contribution < 1.29 is 9.59 Å². The van der Waals surface area contributed by atoms with Gasteiger partial charge in [0.05, 0.1) is 11.6 Å². The normalized spacial score (nSPS) is 15.6. The van der Waals surface area contributed by atoms with Crippen LogP contribution in [0.1, 0.15) is 17.5 Å². The molecule has 0 aromatic heterocycles. The molecular formula is C15H15N3O2. The highest BCUT2D eigenvalue weighted by Crippen LogP contribution is 2.07. The largest absolute Gasteiger partial charge is 0.354 e. The Balaban J connectivity index is 2.01. The number of amides is 2. The SMILES string of the molecule is N#Cc1cccc(C=CC(=O)N2CCNC(=O)CC2)c1. The second-order valence-corrected chi connectivity index (χ2v) is 4.50. The number of carbonyl (C=O) groups is 2. The van der Waals surface area contributed by atoms with Crippen LogP contribution < -0.4 is 5.32 Å². The molecule has 1 heterocycles. The Bertz CT molecular complexity index is 587. The Morgan fingerprint density at radius 1 is 1.40 bits per heavy atom. The number of nitrogens with zero attached hydrogens (tertiary/aromatic N) is 2. The monoisotopic (exact) mass is 269 g/mol. The van der Waals surface area contributed by atoms with E-state index in [2.05, 4.69) is 11.4 Å². The molecule has 0 radical (unpaired) electrons. The van der Waals surface area contributed by atoms with Crippen molar-refractivity contribution >= 4 is 17.9 Å². The van der Waals surface area contributed by atoms with Crippen molar-refractivity contribution in [1.82, 2.24) is 10.2 Å². The fourth-order valence-electron chi connectivity index (χ4n) is 1.97. The maximum absolute atomic E-state index is 12.0. The molecule has 0 bridgehead atoms. The first-order valence-electron chi connectivity index (χ1n) is 6.43. The van der Waals surface area contributed by atoms with Crippen LogP contribution in [0.4, 0.5) is 0 Å². The summed E-state index contributed by atoms with van der Waals surface area (Å²) in [4.78, 5) is 24.9. The molecule has 2 amide bonds. The van der Waals surface area contributed by atoms with Gasteiger partial charge in [0.1, 0.15) is 0 Å². The smallest absolute Gasteiger partial charge is 0.246 e. The van der Waals surface area contributed by atoms with E-state index < -0.39 is 0 Å². The summed E-state index contributed by atoms with van der Waals surface area (Å²) in [6.07, 6.45) is 3.50. The summed E-state index contributed by atoms with van der Waals surface area (Å²) in [6, 6.07) is 9.10. The average molecular weight is 269 g/mol. The number of hydrogen-bond donors (Lipinski definition) is 1. The molecule has 1 saturated heterocycles. The number of nitrogens with one attached hydrogen (secondary N) is 1. The van der Waals surface area contributed by atoms with Gasteiger partial charge in [-0.2, -0.15) is 5.26 Å². The molecule has 0 aliphatic carbocycles. The van der Waals surface area contributed by atoms with Crippen molar-refractivity contribution in [1.29, 1.82) is 5.26 Å². The number of rotatable bonds is 2. The highest BCUT2D eigenvalue weighted by Gasteiger charge is 2.16. The molecule has 5 heteroatoms. The molecule has 1 aliphatic heterocycles. The summed E-state index contributed by atoms with van der Waals surface area (Å²) >= 11 is 0. The summed E-state index contributed by atoms with van der Waals surface area (Å²) < 4.78 is 0. The van der Waals surface area contributed by atoms with Gasteiger partial charge in [-0.05, 0) is 23.8 Å². The van der Waals surface area contributed by atoms with Gasteiger partial charge in [0.2, 0.25) is 11.8 Å². The lowest BCUT2D eigenvalue weighted by Gasteiger charge is -2.17. The molecule has 1 aromatic rings. The average Bonchev–Trinajstić information content (AvgIpc) is 2.70. The minimum Gasteiger partial charge on any atom is -0.354 e. The zero-order valence-electron chi connectivity index (χ0n) is 11.0. The molecule has 102 valence electrons. The van der Waals surface area contributed by atoms with E-state index in [-0.39, 0.29) is 11.8 Å². The molecule has 1 aromatic carbocycles. The third kappa shape index (κ3) is 3.69. The molecule has 0 spiro atoms. The van der Waals surface area contributed by atoms with Gasteiger partial charge in [0.25, 0.3) is 0 Å². The number of carbonyl (C=O) groups excluding carboxylic acids is 2. The topological polar surface area (TPSA) is 73.2 Å². The van der Waals surface area contributed by atoms with E-state index in [1.807, 2.05) is 6.07 Å².